The maximum Gasteiger partial charge on any atom is 0.326 e. The van der Waals surface area contributed by atoms with Gasteiger partial charge in [-0.15, -0.1) is 0 Å². The summed E-state index contributed by atoms with van der Waals surface area (Å²) in [6.45, 7) is 7.45. The second-order valence-corrected chi connectivity index (χ2v) is 8.92. The number of nitrogens with zero attached hydrogens (tertiary/aromatic N) is 1. The molecule has 0 saturated carbocycles. The fraction of sp³-hybridized carbons (Fsp3) is 0.867. The van der Waals surface area contributed by atoms with Crippen LogP contribution in [0.4, 0.5) is 0 Å². The van der Waals surface area contributed by atoms with Crippen LogP contribution in [-0.4, -0.2) is 52.8 Å². The van der Waals surface area contributed by atoms with Crippen LogP contribution in [-0.2, 0) is 14.2 Å². The molecule has 0 rings (SSSR count). The first-order valence-corrected chi connectivity index (χ1v) is 9.65. The Morgan fingerprint density at radius 1 is 1.22 bits per heavy atom. The highest BCUT2D eigenvalue weighted by Gasteiger charge is 2.36. The average molecular weight is 350 g/mol. The SMILES string of the molecule is CCCCC(CP(=O)(O)O)C(=O)N[C@H](C(=O)N(C)C)C(C)(C)C. The lowest BCUT2D eigenvalue weighted by Gasteiger charge is -2.33. The van der Waals surface area contributed by atoms with E-state index in [0.29, 0.717) is 12.8 Å². The van der Waals surface area contributed by atoms with E-state index in [4.69, 9.17) is 0 Å². The summed E-state index contributed by atoms with van der Waals surface area (Å²) in [6, 6.07) is -0.745. The zero-order chi connectivity index (χ0) is 18.4. The molecular weight excluding hydrogens is 319 g/mol. The average Bonchev–Trinajstić information content (AvgIpc) is 2.36. The molecule has 0 aromatic rings. The van der Waals surface area contributed by atoms with Gasteiger partial charge in [-0.3, -0.25) is 14.2 Å². The van der Waals surface area contributed by atoms with Gasteiger partial charge in [-0.1, -0.05) is 40.5 Å². The molecule has 8 heteroatoms. The van der Waals surface area contributed by atoms with E-state index in [0.717, 1.165) is 6.42 Å². The van der Waals surface area contributed by atoms with Crippen molar-refractivity contribution in [3.63, 3.8) is 0 Å². The van der Waals surface area contributed by atoms with Gasteiger partial charge in [0, 0.05) is 20.0 Å². The maximum absolute atomic E-state index is 12.5. The number of hydrogen-bond acceptors (Lipinski definition) is 3. The van der Waals surface area contributed by atoms with Crippen LogP contribution in [0.2, 0.25) is 0 Å². The summed E-state index contributed by atoms with van der Waals surface area (Å²) in [5.74, 6) is -1.51. The predicted octanol–water partition coefficient (Wildman–Crippen LogP) is 1.59. The molecular formula is C15H31N2O5P. The molecule has 1 unspecified atom stereocenters. The smallest absolute Gasteiger partial charge is 0.326 e. The molecule has 3 N–H and O–H groups in total. The largest absolute Gasteiger partial charge is 0.347 e. The topological polar surface area (TPSA) is 107 Å². The fourth-order valence-electron chi connectivity index (χ4n) is 2.21. The van der Waals surface area contributed by atoms with Crippen molar-refractivity contribution in [1.29, 1.82) is 0 Å². The van der Waals surface area contributed by atoms with Crippen LogP contribution in [0.3, 0.4) is 0 Å². The van der Waals surface area contributed by atoms with Gasteiger partial charge in [-0.25, -0.2) is 0 Å². The van der Waals surface area contributed by atoms with Gasteiger partial charge in [0.2, 0.25) is 11.8 Å². The normalized spacial score (nSPS) is 15.0. The van der Waals surface area contributed by atoms with E-state index in [-0.39, 0.29) is 5.91 Å². The van der Waals surface area contributed by atoms with Crippen molar-refractivity contribution in [3.8, 4) is 0 Å². The first kappa shape index (κ1) is 22.1. The second kappa shape index (κ2) is 8.81. The van der Waals surface area contributed by atoms with Crippen molar-refractivity contribution in [2.24, 2.45) is 11.3 Å². The van der Waals surface area contributed by atoms with E-state index in [1.165, 1.54) is 4.90 Å². The summed E-state index contributed by atoms with van der Waals surface area (Å²) < 4.78 is 11.3. The number of carbonyl (C=O) groups is 2. The van der Waals surface area contributed by atoms with E-state index in [9.17, 15) is 23.9 Å². The molecule has 0 radical (unpaired) electrons. The van der Waals surface area contributed by atoms with Crippen molar-refractivity contribution in [2.45, 2.75) is 53.0 Å². The third-order valence-electron chi connectivity index (χ3n) is 3.58. The molecule has 0 spiro atoms. The number of likely N-dealkylation sites (N-methyl/N-ethyl adjacent to an activating group) is 1. The Balaban J connectivity index is 5.23. The molecule has 7 nitrogen and oxygen atoms in total. The summed E-state index contributed by atoms with van der Waals surface area (Å²) in [5, 5.41) is 2.70. The maximum atomic E-state index is 12.5. The second-order valence-electron chi connectivity index (χ2n) is 7.23. The highest BCUT2D eigenvalue weighted by Crippen LogP contribution is 2.38. The van der Waals surface area contributed by atoms with Crippen molar-refractivity contribution in [1.82, 2.24) is 10.2 Å². The van der Waals surface area contributed by atoms with Crippen LogP contribution >= 0.6 is 7.60 Å². The number of nitrogens with one attached hydrogen (secondary N) is 1. The van der Waals surface area contributed by atoms with E-state index in [2.05, 4.69) is 5.32 Å². The molecule has 0 aliphatic carbocycles. The quantitative estimate of drug-likeness (QED) is 0.576. The number of rotatable bonds is 8. The third-order valence-corrected chi connectivity index (χ3v) is 4.49. The van der Waals surface area contributed by atoms with Gasteiger partial charge in [-0.05, 0) is 11.8 Å². The lowest BCUT2D eigenvalue weighted by atomic mass is 9.85. The van der Waals surface area contributed by atoms with Gasteiger partial charge in [0.1, 0.15) is 6.04 Å². The highest BCUT2D eigenvalue weighted by atomic mass is 31.2. The van der Waals surface area contributed by atoms with Crippen molar-refractivity contribution < 1.29 is 23.9 Å². The predicted molar refractivity (Wildman–Crippen MR) is 90.0 cm³/mol. The molecule has 23 heavy (non-hydrogen) atoms. The molecule has 0 aromatic carbocycles. The standard InChI is InChI=1S/C15H31N2O5P/c1-7-8-9-11(10-23(20,21)22)13(18)16-12(15(2,3)4)14(19)17(5)6/h11-12H,7-10H2,1-6H3,(H,16,18)(H2,20,21,22)/t11?,12-/m1/s1. The van der Waals surface area contributed by atoms with E-state index in [1.54, 1.807) is 14.1 Å². The Kier molecular flexibility index (Phi) is 8.46. The molecule has 0 fully saturated rings. The molecule has 0 aliphatic heterocycles. The minimum Gasteiger partial charge on any atom is -0.347 e. The summed E-state index contributed by atoms with van der Waals surface area (Å²) in [5.41, 5.74) is -0.506. The highest BCUT2D eigenvalue weighted by molar-refractivity contribution is 7.51. The minimum absolute atomic E-state index is 0.240. The van der Waals surface area contributed by atoms with Gasteiger partial charge in [0.25, 0.3) is 0 Å². The van der Waals surface area contributed by atoms with E-state index in [1.807, 2.05) is 27.7 Å². The van der Waals surface area contributed by atoms with Crippen LogP contribution in [0.15, 0.2) is 0 Å². The summed E-state index contributed by atoms with van der Waals surface area (Å²) in [7, 11) is -1.08. The first-order valence-electron chi connectivity index (χ1n) is 7.85. The van der Waals surface area contributed by atoms with Crippen LogP contribution in [0, 0.1) is 11.3 Å². The monoisotopic (exact) mass is 350 g/mol. The molecule has 2 amide bonds. The van der Waals surface area contributed by atoms with E-state index < -0.39 is 37.0 Å². The Bertz CT molecular complexity index is 453. The van der Waals surface area contributed by atoms with Crippen LogP contribution < -0.4 is 5.32 Å². The zero-order valence-corrected chi connectivity index (χ0v) is 15.9. The van der Waals surface area contributed by atoms with Crippen LogP contribution in [0.1, 0.15) is 47.0 Å². The van der Waals surface area contributed by atoms with Crippen LogP contribution in [0.25, 0.3) is 0 Å². The lowest BCUT2D eigenvalue weighted by molar-refractivity contribution is -0.138. The Labute approximate surface area is 139 Å². The molecule has 0 saturated heterocycles. The summed E-state index contributed by atoms with van der Waals surface area (Å²) in [4.78, 5) is 44.6. The molecule has 0 aliphatic rings. The van der Waals surface area contributed by atoms with Gasteiger partial charge < -0.3 is 20.0 Å². The summed E-state index contributed by atoms with van der Waals surface area (Å²) in [6.07, 6.45) is 1.41. The van der Waals surface area contributed by atoms with Gasteiger partial charge in [-0.2, -0.15) is 0 Å². The Hall–Kier alpha value is -0.910. The first-order chi connectivity index (χ1) is 10.3. The minimum atomic E-state index is -4.30. The van der Waals surface area contributed by atoms with Crippen molar-refractivity contribution in [2.75, 3.05) is 20.3 Å². The Morgan fingerprint density at radius 2 is 1.74 bits per heavy atom. The molecule has 136 valence electrons. The molecule has 0 aromatic heterocycles. The number of unbranched alkanes of at least 4 members (excludes halogenated alkanes) is 1. The van der Waals surface area contributed by atoms with E-state index >= 15 is 0 Å². The lowest BCUT2D eigenvalue weighted by Crippen LogP contribution is -2.54. The van der Waals surface area contributed by atoms with Crippen LogP contribution in [0.5, 0.6) is 0 Å². The van der Waals surface area contributed by atoms with Gasteiger partial charge in [0.05, 0.1) is 6.16 Å². The fourth-order valence-corrected chi connectivity index (χ4v) is 3.13. The third kappa shape index (κ3) is 8.49. The van der Waals surface area contributed by atoms with Gasteiger partial charge >= 0.3 is 7.60 Å². The molecule has 0 bridgehead atoms. The van der Waals surface area contributed by atoms with Gasteiger partial charge in [0.15, 0.2) is 0 Å². The number of carbonyl (C=O) groups excluding carboxylic acids is 2. The zero-order valence-electron chi connectivity index (χ0n) is 15.0. The Morgan fingerprint density at radius 3 is 2.09 bits per heavy atom. The van der Waals surface area contributed by atoms with Crippen molar-refractivity contribution in [3.05, 3.63) is 0 Å². The summed E-state index contributed by atoms with van der Waals surface area (Å²) >= 11 is 0. The number of hydrogen-bond donors (Lipinski definition) is 3. The molecule has 2 atom stereocenters. The molecule has 0 heterocycles. The van der Waals surface area contributed by atoms with Crippen molar-refractivity contribution >= 4 is 19.4 Å². The number of amides is 2.